The largest absolute Gasteiger partial charge is 0.255 e. The molecule has 15 heavy (non-hydrogen) atoms. The summed E-state index contributed by atoms with van der Waals surface area (Å²) in [6.07, 6.45) is 2.60. The normalized spacial score (nSPS) is 11.9. The molecule has 6 heteroatoms. The standard InChI is InChI=1S/C9H17N3O2S/c1-3-5-6-12-9(15(10,13)14)7-8(4-2)11-12/h7H,3-6H2,1-2H3,(H2,10,13,14). The number of rotatable bonds is 5. The summed E-state index contributed by atoms with van der Waals surface area (Å²) < 4.78 is 24.0. The van der Waals surface area contributed by atoms with E-state index in [2.05, 4.69) is 5.10 Å². The third-order valence-electron chi connectivity index (χ3n) is 2.17. The van der Waals surface area contributed by atoms with Crippen molar-refractivity contribution >= 4 is 10.0 Å². The Hall–Kier alpha value is -0.880. The minimum atomic E-state index is -3.65. The van der Waals surface area contributed by atoms with Gasteiger partial charge in [-0.1, -0.05) is 20.3 Å². The van der Waals surface area contributed by atoms with Crippen LogP contribution < -0.4 is 5.14 Å². The van der Waals surface area contributed by atoms with Gasteiger partial charge < -0.3 is 0 Å². The molecule has 0 spiro atoms. The molecule has 0 aliphatic rings. The van der Waals surface area contributed by atoms with Gasteiger partial charge in [0.1, 0.15) is 0 Å². The molecule has 0 saturated carbocycles. The van der Waals surface area contributed by atoms with Crippen molar-refractivity contribution < 1.29 is 8.42 Å². The zero-order valence-electron chi connectivity index (χ0n) is 9.10. The first-order valence-corrected chi connectivity index (χ1v) is 6.63. The van der Waals surface area contributed by atoms with Crippen LogP contribution in [0.4, 0.5) is 0 Å². The number of unbranched alkanes of at least 4 members (excludes halogenated alkanes) is 1. The summed E-state index contributed by atoms with van der Waals surface area (Å²) in [6.45, 7) is 4.57. The number of sulfonamides is 1. The van der Waals surface area contributed by atoms with E-state index in [-0.39, 0.29) is 5.03 Å². The van der Waals surface area contributed by atoms with E-state index in [1.54, 1.807) is 6.07 Å². The predicted octanol–water partition coefficient (Wildman–Crippen LogP) is 0.893. The Morgan fingerprint density at radius 3 is 2.60 bits per heavy atom. The van der Waals surface area contributed by atoms with Crippen molar-refractivity contribution in [3.05, 3.63) is 11.8 Å². The molecule has 0 radical (unpaired) electrons. The lowest BCUT2D eigenvalue weighted by Gasteiger charge is -2.03. The number of hydrogen-bond acceptors (Lipinski definition) is 3. The van der Waals surface area contributed by atoms with Crippen LogP contribution in [0, 0.1) is 0 Å². The van der Waals surface area contributed by atoms with Gasteiger partial charge in [0.25, 0.3) is 10.0 Å². The fraction of sp³-hybridized carbons (Fsp3) is 0.667. The molecule has 0 aliphatic carbocycles. The van der Waals surface area contributed by atoms with Crippen molar-refractivity contribution in [2.45, 2.75) is 44.7 Å². The quantitative estimate of drug-likeness (QED) is 0.817. The molecule has 1 aromatic rings. The lowest BCUT2D eigenvalue weighted by atomic mass is 10.3. The molecule has 0 unspecified atom stereocenters. The van der Waals surface area contributed by atoms with E-state index in [0.29, 0.717) is 13.0 Å². The minimum Gasteiger partial charge on any atom is -0.253 e. The fourth-order valence-corrected chi connectivity index (χ4v) is 2.05. The van der Waals surface area contributed by atoms with Crippen molar-refractivity contribution in [3.8, 4) is 0 Å². The van der Waals surface area contributed by atoms with Gasteiger partial charge in [-0.05, 0) is 18.9 Å². The molecule has 1 rings (SSSR count). The van der Waals surface area contributed by atoms with Gasteiger partial charge in [0.15, 0.2) is 5.03 Å². The maximum atomic E-state index is 11.3. The molecule has 0 amide bonds. The monoisotopic (exact) mass is 231 g/mol. The lowest BCUT2D eigenvalue weighted by molar-refractivity contribution is 0.512. The molecule has 0 aromatic carbocycles. The molecule has 1 heterocycles. The maximum absolute atomic E-state index is 11.3. The van der Waals surface area contributed by atoms with Crippen molar-refractivity contribution in [2.24, 2.45) is 5.14 Å². The van der Waals surface area contributed by atoms with Crippen molar-refractivity contribution in [3.63, 3.8) is 0 Å². The Bertz CT molecular complexity index is 423. The number of nitrogens with zero attached hydrogens (tertiary/aromatic N) is 2. The summed E-state index contributed by atoms with van der Waals surface area (Å²) in [5.74, 6) is 0. The van der Waals surface area contributed by atoms with E-state index >= 15 is 0 Å². The topological polar surface area (TPSA) is 78.0 Å². The Morgan fingerprint density at radius 1 is 1.47 bits per heavy atom. The Morgan fingerprint density at radius 2 is 2.13 bits per heavy atom. The Labute approximate surface area is 90.3 Å². The highest BCUT2D eigenvalue weighted by Crippen LogP contribution is 2.11. The molecule has 5 nitrogen and oxygen atoms in total. The van der Waals surface area contributed by atoms with Crippen LogP contribution in [0.25, 0.3) is 0 Å². The van der Waals surface area contributed by atoms with Gasteiger partial charge in [-0.3, -0.25) is 4.68 Å². The van der Waals surface area contributed by atoms with E-state index < -0.39 is 10.0 Å². The van der Waals surface area contributed by atoms with Gasteiger partial charge >= 0.3 is 0 Å². The van der Waals surface area contributed by atoms with Crippen LogP contribution in [0.2, 0.25) is 0 Å². The van der Waals surface area contributed by atoms with Crippen LogP contribution in [0.3, 0.4) is 0 Å². The Kier molecular flexibility index (Phi) is 3.87. The molecule has 2 N–H and O–H groups in total. The molecule has 0 atom stereocenters. The first kappa shape index (κ1) is 12.2. The second-order valence-corrected chi connectivity index (χ2v) is 4.96. The highest BCUT2D eigenvalue weighted by molar-refractivity contribution is 7.89. The van der Waals surface area contributed by atoms with Gasteiger partial charge in [-0.25, -0.2) is 13.6 Å². The van der Waals surface area contributed by atoms with Crippen LogP contribution in [0.1, 0.15) is 32.4 Å². The SMILES string of the molecule is CCCCn1nc(CC)cc1S(N)(=O)=O. The van der Waals surface area contributed by atoms with Crippen LogP contribution in [-0.2, 0) is 23.0 Å². The molecule has 0 bridgehead atoms. The average molecular weight is 231 g/mol. The molecule has 0 aliphatic heterocycles. The van der Waals surface area contributed by atoms with E-state index in [1.165, 1.54) is 4.68 Å². The van der Waals surface area contributed by atoms with Gasteiger partial charge in [-0.2, -0.15) is 5.10 Å². The smallest absolute Gasteiger partial charge is 0.253 e. The summed E-state index contributed by atoms with van der Waals surface area (Å²) in [5.41, 5.74) is 0.759. The second kappa shape index (κ2) is 4.76. The number of aromatic nitrogens is 2. The molecular weight excluding hydrogens is 214 g/mol. The van der Waals surface area contributed by atoms with Crippen LogP contribution in [0.5, 0.6) is 0 Å². The number of hydrogen-bond donors (Lipinski definition) is 1. The van der Waals surface area contributed by atoms with E-state index in [0.717, 1.165) is 18.5 Å². The molecule has 0 fully saturated rings. The summed E-state index contributed by atoms with van der Waals surface area (Å²) in [4.78, 5) is 0. The second-order valence-electron chi connectivity index (χ2n) is 3.45. The van der Waals surface area contributed by atoms with E-state index in [1.807, 2.05) is 13.8 Å². The van der Waals surface area contributed by atoms with Gasteiger partial charge in [0, 0.05) is 6.54 Å². The first-order valence-electron chi connectivity index (χ1n) is 5.08. The third kappa shape index (κ3) is 3.04. The Balaban J connectivity index is 3.06. The van der Waals surface area contributed by atoms with Gasteiger partial charge in [-0.15, -0.1) is 0 Å². The van der Waals surface area contributed by atoms with Crippen molar-refractivity contribution in [1.29, 1.82) is 0 Å². The number of primary sulfonamides is 1. The minimum absolute atomic E-state index is 0.118. The highest BCUT2D eigenvalue weighted by atomic mass is 32.2. The zero-order chi connectivity index (χ0) is 11.5. The van der Waals surface area contributed by atoms with E-state index in [9.17, 15) is 8.42 Å². The molecule has 1 aromatic heterocycles. The van der Waals surface area contributed by atoms with Crippen LogP contribution in [-0.4, -0.2) is 18.2 Å². The average Bonchev–Trinajstić information content (AvgIpc) is 2.57. The molecule has 86 valence electrons. The predicted molar refractivity (Wildman–Crippen MR) is 57.9 cm³/mol. The third-order valence-corrected chi connectivity index (χ3v) is 3.08. The van der Waals surface area contributed by atoms with Crippen molar-refractivity contribution in [1.82, 2.24) is 9.78 Å². The lowest BCUT2D eigenvalue weighted by Crippen LogP contribution is -2.18. The summed E-state index contributed by atoms with van der Waals surface area (Å²) >= 11 is 0. The number of nitrogens with two attached hydrogens (primary N) is 1. The fourth-order valence-electron chi connectivity index (χ4n) is 1.32. The van der Waals surface area contributed by atoms with Gasteiger partial charge in [0.05, 0.1) is 5.69 Å². The molecule has 0 saturated heterocycles. The highest BCUT2D eigenvalue weighted by Gasteiger charge is 2.16. The van der Waals surface area contributed by atoms with Crippen LogP contribution in [0.15, 0.2) is 11.1 Å². The molecular formula is C9H17N3O2S. The van der Waals surface area contributed by atoms with Crippen LogP contribution >= 0.6 is 0 Å². The first-order chi connectivity index (χ1) is 6.99. The maximum Gasteiger partial charge on any atom is 0.255 e. The summed E-state index contributed by atoms with van der Waals surface area (Å²) in [7, 11) is -3.65. The summed E-state index contributed by atoms with van der Waals surface area (Å²) in [5, 5.41) is 9.42. The summed E-state index contributed by atoms with van der Waals surface area (Å²) in [6, 6.07) is 1.55. The zero-order valence-corrected chi connectivity index (χ0v) is 9.92. The van der Waals surface area contributed by atoms with E-state index in [4.69, 9.17) is 5.14 Å². The van der Waals surface area contributed by atoms with Gasteiger partial charge in [0.2, 0.25) is 0 Å². The van der Waals surface area contributed by atoms with Crippen molar-refractivity contribution in [2.75, 3.05) is 0 Å². The number of aryl methyl sites for hydroxylation is 2.